The molecule has 2 rings (SSSR count). The molecule has 0 atom stereocenters. The fraction of sp³-hybridized carbons (Fsp3) is 0.0769. The highest BCUT2D eigenvalue weighted by Crippen LogP contribution is 2.37. The summed E-state index contributed by atoms with van der Waals surface area (Å²) in [5, 5.41) is 1.87. The molecule has 0 unspecified atom stereocenters. The van der Waals surface area contributed by atoms with E-state index in [0.717, 1.165) is 16.7 Å². The lowest BCUT2D eigenvalue weighted by atomic mass is 10.0. The Hall–Kier alpha value is -0.400. The molecule has 0 fully saturated rings. The van der Waals surface area contributed by atoms with Gasteiger partial charge in [-0.2, -0.15) is 0 Å². The third-order valence-corrected chi connectivity index (χ3v) is 3.94. The van der Waals surface area contributed by atoms with Gasteiger partial charge in [-0.05, 0) is 36.8 Å². The van der Waals surface area contributed by atoms with Crippen LogP contribution in [0.5, 0.6) is 0 Å². The molecular formula is C13H8Cl4. The van der Waals surface area contributed by atoms with Crippen molar-refractivity contribution in [1.82, 2.24) is 0 Å². The molecule has 0 saturated heterocycles. The van der Waals surface area contributed by atoms with E-state index in [1.807, 2.05) is 25.1 Å². The summed E-state index contributed by atoms with van der Waals surface area (Å²) in [4.78, 5) is 0. The second kappa shape index (κ2) is 5.07. The highest BCUT2D eigenvalue weighted by molar-refractivity contribution is 6.48. The van der Waals surface area contributed by atoms with Crippen LogP contribution >= 0.6 is 46.4 Å². The number of aryl methyl sites for hydroxylation is 1. The van der Waals surface area contributed by atoms with Gasteiger partial charge in [0.1, 0.15) is 0 Å². The smallest absolute Gasteiger partial charge is 0.0778 e. The van der Waals surface area contributed by atoms with E-state index in [1.54, 1.807) is 12.1 Å². The molecule has 0 saturated carbocycles. The molecule has 0 aliphatic rings. The van der Waals surface area contributed by atoms with Crippen molar-refractivity contribution >= 4 is 46.4 Å². The third kappa shape index (κ3) is 2.71. The van der Waals surface area contributed by atoms with E-state index in [2.05, 4.69) is 0 Å². The van der Waals surface area contributed by atoms with Gasteiger partial charge in [0.2, 0.25) is 0 Å². The summed E-state index contributed by atoms with van der Waals surface area (Å²) in [7, 11) is 0. The summed E-state index contributed by atoms with van der Waals surface area (Å²) in [5.41, 5.74) is 2.87. The van der Waals surface area contributed by atoms with Gasteiger partial charge in [-0.3, -0.25) is 0 Å². The van der Waals surface area contributed by atoms with Crippen LogP contribution in [-0.2, 0) is 0 Å². The fourth-order valence-electron chi connectivity index (χ4n) is 1.57. The molecule has 88 valence electrons. The van der Waals surface area contributed by atoms with Gasteiger partial charge in [-0.15, -0.1) is 0 Å². The summed E-state index contributed by atoms with van der Waals surface area (Å²) in [5.74, 6) is 0. The highest BCUT2D eigenvalue weighted by atomic mass is 35.5. The van der Waals surface area contributed by atoms with Gasteiger partial charge >= 0.3 is 0 Å². The summed E-state index contributed by atoms with van der Waals surface area (Å²) in [6, 6.07) is 9.30. The molecule has 0 heterocycles. The van der Waals surface area contributed by atoms with Gasteiger partial charge in [0.05, 0.1) is 15.1 Å². The maximum absolute atomic E-state index is 6.16. The minimum Gasteiger partial charge on any atom is -0.0837 e. The molecule has 0 aromatic heterocycles. The SMILES string of the molecule is Cc1ccc(Cl)c(-c2cc(Cl)c(Cl)c(Cl)c2)c1. The first-order chi connectivity index (χ1) is 7.99. The molecule has 2 aromatic carbocycles. The van der Waals surface area contributed by atoms with E-state index < -0.39 is 0 Å². The molecule has 0 nitrogen and oxygen atoms in total. The van der Waals surface area contributed by atoms with Gasteiger partial charge in [0.15, 0.2) is 0 Å². The molecule has 0 N–H and O–H groups in total. The maximum atomic E-state index is 6.16. The van der Waals surface area contributed by atoms with Crippen LogP contribution in [0.4, 0.5) is 0 Å². The lowest BCUT2D eigenvalue weighted by Gasteiger charge is -2.08. The Labute approximate surface area is 120 Å². The molecule has 0 spiro atoms. The lowest BCUT2D eigenvalue weighted by molar-refractivity contribution is 1.47. The van der Waals surface area contributed by atoms with Gasteiger partial charge in [-0.25, -0.2) is 0 Å². The Balaban J connectivity index is 2.64. The van der Waals surface area contributed by atoms with Crippen molar-refractivity contribution in [2.24, 2.45) is 0 Å². The normalized spacial score (nSPS) is 10.6. The maximum Gasteiger partial charge on any atom is 0.0778 e. The summed E-state index contributed by atoms with van der Waals surface area (Å²) in [6.07, 6.45) is 0. The number of rotatable bonds is 1. The summed E-state index contributed by atoms with van der Waals surface area (Å²) >= 11 is 24.1. The molecule has 0 amide bonds. The Morgan fingerprint density at radius 1 is 0.765 bits per heavy atom. The number of hydrogen-bond acceptors (Lipinski definition) is 0. The first-order valence-corrected chi connectivity index (χ1v) is 6.41. The largest absolute Gasteiger partial charge is 0.0837 e. The van der Waals surface area contributed by atoms with E-state index in [-0.39, 0.29) is 0 Å². The Kier molecular flexibility index (Phi) is 3.89. The van der Waals surface area contributed by atoms with Crippen LogP contribution in [0.3, 0.4) is 0 Å². The molecule has 0 radical (unpaired) electrons. The molecule has 0 aliphatic heterocycles. The van der Waals surface area contributed by atoms with Crippen LogP contribution in [0.25, 0.3) is 11.1 Å². The van der Waals surface area contributed by atoms with Crippen molar-refractivity contribution in [2.45, 2.75) is 6.92 Å². The van der Waals surface area contributed by atoms with Crippen LogP contribution < -0.4 is 0 Å². The Bertz CT molecular complexity index is 553. The van der Waals surface area contributed by atoms with Gasteiger partial charge in [-0.1, -0.05) is 58.0 Å². The summed E-state index contributed by atoms with van der Waals surface area (Å²) in [6.45, 7) is 2.00. The first-order valence-electron chi connectivity index (χ1n) is 4.90. The van der Waals surface area contributed by atoms with Crippen molar-refractivity contribution in [3.63, 3.8) is 0 Å². The lowest BCUT2D eigenvalue weighted by Crippen LogP contribution is -1.83. The van der Waals surface area contributed by atoms with E-state index in [0.29, 0.717) is 20.1 Å². The molecule has 17 heavy (non-hydrogen) atoms. The van der Waals surface area contributed by atoms with Crippen LogP contribution in [0.1, 0.15) is 5.56 Å². The zero-order valence-corrected chi connectivity index (χ0v) is 11.9. The Morgan fingerprint density at radius 2 is 1.35 bits per heavy atom. The first kappa shape index (κ1) is 13.0. The monoisotopic (exact) mass is 304 g/mol. The van der Waals surface area contributed by atoms with Gasteiger partial charge in [0, 0.05) is 10.6 Å². The molecule has 4 heteroatoms. The standard InChI is InChI=1S/C13H8Cl4/c1-7-2-3-10(14)9(4-7)8-5-11(15)13(17)12(16)6-8/h2-6H,1H3. The van der Waals surface area contributed by atoms with Crippen LogP contribution in [0, 0.1) is 6.92 Å². The minimum absolute atomic E-state index is 0.362. The Morgan fingerprint density at radius 3 is 1.94 bits per heavy atom. The molecular weight excluding hydrogens is 298 g/mol. The quantitative estimate of drug-likeness (QED) is 0.544. The molecule has 0 bridgehead atoms. The van der Waals surface area contributed by atoms with Gasteiger partial charge in [0.25, 0.3) is 0 Å². The van der Waals surface area contributed by atoms with E-state index in [1.165, 1.54) is 0 Å². The van der Waals surface area contributed by atoms with Crippen LogP contribution in [0.15, 0.2) is 30.3 Å². The van der Waals surface area contributed by atoms with E-state index in [9.17, 15) is 0 Å². The van der Waals surface area contributed by atoms with Crippen molar-refractivity contribution in [3.8, 4) is 11.1 Å². The zero-order valence-electron chi connectivity index (χ0n) is 8.90. The topological polar surface area (TPSA) is 0 Å². The minimum atomic E-state index is 0.362. The van der Waals surface area contributed by atoms with Crippen molar-refractivity contribution in [2.75, 3.05) is 0 Å². The summed E-state index contributed by atoms with van der Waals surface area (Å²) < 4.78 is 0. The zero-order chi connectivity index (χ0) is 12.6. The second-order valence-corrected chi connectivity index (χ2v) is 5.34. The number of halogens is 4. The fourth-order valence-corrected chi connectivity index (χ4v) is 2.39. The van der Waals surface area contributed by atoms with Crippen LogP contribution in [0.2, 0.25) is 20.1 Å². The third-order valence-electron chi connectivity index (χ3n) is 2.42. The molecule has 0 aliphatic carbocycles. The number of benzene rings is 2. The average Bonchev–Trinajstić information content (AvgIpc) is 2.28. The van der Waals surface area contributed by atoms with E-state index >= 15 is 0 Å². The van der Waals surface area contributed by atoms with Crippen molar-refractivity contribution in [3.05, 3.63) is 56.0 Å². The van der Waals surface area contributed by atoms with E-state index in [4.69, 9.17) is 46.4 Å². The highest BCUT2D eigenvalue weighted by Gasteiger charge is 2.10. The predicted molar refractivity (Wildman–Crippen MR) is 76.7 cm³/mol. The number of hydrogen-bond donors (Lipinski definition) is 0. The van der Waals surface area contributed by atoms with Crippen LogP contribution in [-0.4, -0.2) is 0 Å². The van der Waals surface area contributed by atoms with Crippen molar-refractivity contribution in [1.29, 1.82) is 0 Å². The second-order valence-electron chi connectivity index (χ2n) is 3.74. The molecule has 2 aromatic rings. The average molecular weight is 306 g/mol. The predicted octanol–water partition coefficient (Wildman–Crippen LogP) is 6.28. The van der Waals surface area contributed by atoms with Crippen molar-refractivity contribution < 1.29 is 0 Å². The van der Waals surface area contributed by atoms with Gasteiger partial charge < -0.3 is 0 Å².